The Morgan fingerprint density at radius 1 is 0.674 bits per heavy atom. The van der Waals surface area contributed by atoms with Crippen LogP contribution in [0.4, 0.5) is 0 Å². The van der Waals surface area contributed by atoms with Gasteiger partial charge in [-0.1, -0.05) is 109 Å². The Morgan fingerprint density at radius 3 is 1.52 bits per heavy atom. The van der Waals surface area contributed by atoms with Gasteiger partial charge in [-0.15, -0.1) is 0 Å². The van der Waals surface area contributed by atoms with E-state index in [1.807, 2.05) is 27.7 Å². The average molecular weight is 639 g/mol. The van der Waals surface area contributed by atoms with Gasteiger partial charge in [-0.3, -0.25) is 9.59 Å². The number of nitrogens with zero attached hydrogens (tertiary/aromatic N) is 2. The first kappa shape index (κ1) is 41.3. The molecule has 46 heavy (non-hydrogen) atoms. The number of ether oxygens (including phenoxy) is 2. The molecule has 0 saturated heterocycles. The van der Waals surface area contributed by atoms with Crippen LogP contribution in [0.5, 0.6) is 0 Å². The third-order valence-corrected chi connectivity index (χ3v) is 9.50. The summed E-state index contributed by atoms with van der Waals surface area (Å²) in [5.74, 6) is 0.805. The van der Waals surface area contributed by atoms with Gasteiger partial charge in [0, 0.05) is 13.1 Å². The van der Waals surface area contributed by atoms with E-state index in [4.69, 9.17) is 9.47 Å². The molecule has 0 aliphatic rings. The number of likely N-dealkylation sites (N-methyl/N-ethyl adjacent to an activating group) is 2. The Balaban J connectivity index is 0.000000501. The third-order valence-electron chi connectivity index (χ3n) is 9.50. The maximum absolute atomic E-state index is 12.7. The lowest BCUT2D eigenvalue weighted by Gasteiger charge is -2.34. The van der Waals surface area contributed by atoms with E-state index in [1.165, 1.54) is 24.0 Å². The molecule has 0 aliphatic heterocycles. The predicted molar refractivity (Wildman–Crippen MR) is 193 cm³/mol. The van der Waals surface area contributed by atoms with Gasteiger partial charge in [0.15, 0.2) is 0 Å². The van der Waals surface area contributed by atoms with Crippen LogP contribution in [0.3, 0.4) is 0 Å². The Morgan fingerprint density at radius 2 is 1.11 bits per heavy atom. The lowest BCUT2D eigenvalue weighted by molar-refractivity contribution is -0.163. The SMILES string of the molecule is CCC(CC(C)c1ccccc1)c1ccccc1.CCN(CC)CCOC(=O)C(C)(C)CC(C)(CC)C(=O)OCCN(CC)CC. The zero-order valence-electron chi connectivity index (χ0n) is 30.9. The fourth-order valence-electron chi connectivity index (χ4n) is 5.98. The van der Waals surface area contributed by atoms with Crippen LogP contribution in [0.25, 0.3) is 0 Å². The van der Waals surface area contributed by atoms with E-state index >= 15 is 0 Å². The quantitative estimate of drug-likeness (QED) is 0.135. The maximum Gasteiger partial charge on any atom is 0.311 e. The normalized spacial score (nSPS) is 14.2. The molecule has 0 heterocycles. The number of esters is 2. The standard InChI is InChI=1S/C22H44N2O4.C18H22/c1-9-22(8,20(26)28-17-15-24(12-4)13-5)18-21(6,7)19(25)27-16-14-23(10-2)11-3;1-3-16(18-12-8-5-9-13-18)14-15(2)17-10-6-4-7-11-17/h9-18H2,1-8H3;4-13,15-16H,3,14H2,1-2H3. The molecular formula is C40H66N2O4. The molecule has 0 spiro atoms. The Bertz CT molecular complexity index is 1080. The van der Waals surface area contributed by atoms with Gasteiger partial charge in [0.1, 0.15) is 13.2 Å². The van der Waals surface area contributed by atoms with Crippen molar-refractivity contribution >= 4 is 11.9 Å². The van der Waals surface area contributed by atoms with Gasteiger partial charge >= 0.3 is 11.9 Å². The van der Waals surface area contributed by atoms with Gasteiger partial charge in [-0.25, -0.2) is 0 Å². The molecule has 0 aliphatic carbocycles. The second-order valence-electron chi connectivity index (χ2n) is 13.4. The van der Waals surface area contributed by atoms with Crippen molar-refractivity contribution in [3.8, 4) is 0 Å². The van der Waals surface area contributed by atoms with Crippen LogP contribution >= 0.6 is 0 Å². The topological polar surface area (TPSA) is 59.1 Å². The highest BCUT2D eigenvalue weighted by molar-refractivity contribution is 5.80. The van der Waals surface area contributed by atoms with E-state index in [2.05, 4.69) is 112 Å². The van der Waals surface area contributed by atoms with Crippen LogP contribution in [-0.2, 0) is 19.1 Å². The number of hydrogen-bond donors (Lipinski definition) is 0. The molecule has 6 nitrogen and oxygen atoms in total. The highest BCUT2D eigenvalue weighted by Gasteiger charge is 2.43. The van der Waals surface area contributed by atoms with E-state index < -0.39 is 10.8 Å². The van der Waals surface area contributed by atoms with E-state index in [-0.39, 0.29) is 11.9 Å². The van der Waals surface area contributed by atoms with Gasteiger partial charge in [0.2, 0.25) is 0 Å². The third kappa shape index (κ3) is 14.4. The highest BCUT2D eigenvalue weighted by Crippen LogP contribution is 2.38. The van der Waals surface area contributed by atoms with Gasteiger partial charge in [-0.2, -0.15) is 0 Å². The molecule has 260 valence electrons. The first-order chi connectivity index (χ1) is 21.9. The van der Waals surface area contributed by atoms with Crippen molar-refractivity contribution in [2.45, 2.75) is 107 Å². The summed E-state index contributed by atoms with van der Waals surface area (Å²) in [6.07, 6.45) is 3.46. The zero-order chi connectivity index (χ0) is 34.6. The van der Waals surface area contributed by atoms with Crippen LogP contribution in [0.2, 0.25) is 0 Å². The number of hydrogen-bond acceptors (Lipinski definition) is 6. The predicted octanol–water partition coefficient (Wildman–Crippen LogP) is 8.96. The second kappa shape index (κ2) is 22.0. The summed E-state index contributed by atoms with van der Waals surface area (Å²) in [5, 5.41) is 0. The maximum atomic E-state index is 12.7. The number of carbonyl (C=O) groups is 2. The van der Waals surface area contributed by atoms with Crippen LogP contribution in [-0.4, -0.2) is 74.2 Å². The minimum atomic E-state index is -0.744. The van der Waals surface area contributed by atoms with Gasteiger partial charge in [-0.05, 0) is 95.6 Å². The average Bonchev–Trinajstić information content (AvgIpc) is 3.08. The van der Waals surface area contributed by atoms with Crippen molar-refractivity contribution in [2.24, 2.45) is 10.8 Å². The molecule has 3 atom stereocenters. The molecule has 0 radical (unpaired) electrons. The summed E-state index contributed by atoms with van der Waals surface area (Å²) in [6.45, 7) is 26.5. The Hall–Kier alpha value is -2.70. The lowest BCUT2D eigenvalue weighted by atomic mass is 9.72. The lowest BCUT2D eigenvalue weighted by Crippen LogP contribution is -2.40. The molecule has 2 rings (SSSR count). The number of benzene rings is 2. The summed E-state index contributed by atoms with van der Waals surface area (Å²) in [7, 11) is 0. The van der Waals surface area contributed by atoms with Crippen LogP contribution < -0.4 is 0 Å². The fourth-order valence-corrected chi connectivity index (χ4v) is 5.98. The highest BCUT2D eigenvalue weighted by atomic mass is 16.5. The minimum absolute atomic E-state index is 0.230. The summed E-state index contributed by atoms with van der Waals surface area (Å²) in [6, 6.07) is 21.7. The first-order valence-electron chi connectivity index (χ1n) is 17.8. The van der Waals surface area contributed by atoms with Gasteiger partial charge in [0.05, 0.1) is 10.8 Å². The zero-order valence-corrected chi connectivity index (χ0v) is 30.9. The molecule has 0 amide bonds. The molecule has 2 aromatic carbocycles. The molecule has 3 unspecified atom stereocenters. The molecule has 0 bridgehead atoms. The Labute approximate surface area is 282 Å². The van der Waals surface area contributed by atoms with E-state index in [9.17, 15) is 9.59 Å². The van der Waals surface area contributed by atoms with Crippen molar-refractivity contribution in [3.05, 3.63) is 71.8 Å². The molecule has 0 saturated carbocycles. The molecule has 0 aromatic heterocycles. The summed E-state index contributed by atoms with van der Waals surface area (Å²) in [5.41, 5.74) is 1.48. The van der Waals surface area contributed by atoms with Crippen LogP contribution in [0.15, 0.2) is 60.7 Å². The minimum Gasteiger partial charge on any atom is -0.464 e. The summed E-state index contributed by atoms with van der Waals surface area (Å²) < 4.78 is 11.1. The van der Waals surface area contributed by atoms with Gasteiger partial charge < -0.3 is 19.3 Å². The number of carbonyl (C=O) groups excluding carboxylic acids is 2. The smallest absolute Gasteiger partial charge is 0.311 e. The number of rotatable bonds is 20. The van der Waals surface area contributed by atoms with Crippen molar-refractivity contribution in [1.29, 1.82) is 0 Å². The molecule has 0 N–H and O–H groups in total. The van der Waals surface area contributed by atoms with Crippen LogP contribution in [0, 0.1) is 10.8 Å². The molecule has 0 fully saturated rings. The largest absolute Gasteiger partial charge is 0.464 e. The first-order valence-corrected chi connectivity index (χ1v) is 17.8. The van der Waals surface area contributed by atoms with Crippen molar-refractivity contribution in [2.75, 3.05) is 52.5 Å². The monoisotopic (exact) mass is 639 g/mol. The fraction of sp³-hybridized carbons (Fsp3) is 0.650. The summed E-state index contributed by atoms with van der Waals surface area (Å²) in [4.78, 5) is 29.8. The van der Waals surface area contributed by atoms with Crippen LogP contribution in [0.1, 0.15) is 118 Å². The van der Waals surface area contributed by atoms with Crippen molar-refractivity contribution in [3.63, 3.8) is 0 Å². The van der Waals surface area contributed by atoms with Gasteiger partial charge in [0.25, 0.3) is 0 Å². The molecule has 6 heteroatoms. The second-order valence-corrected chi connectivity index (χ2v) is 13.4. The van der Waals surface area contributed by atoms with E-state index in [0.29, 0.717) is 37.9 Å². The van der Waals surface area contributed by atoms with Crippen molar-refractivity contribution in [1.82, 2.24) is 9.80 Å². The van der Waals surface area contributed by atoms with E-state index in [0.717, 1.165) is 39.3 Å². The Kier molecular flexibility index (Phi) is 19.7. The van der Waals surface area contributed by atoms with Crippen molar-refractivity contribution < 1.29 is 19.1 Å². The molecular weight excluding hydrogens is 572 g/mol. The molecule has 2 aromatic rings. The summed E-state index contributed by atoms with van der Waals surface area (Å²) >= 11 is 0. The van der Waals surface area contributed by atoms with E-state index in [1.54, 1.807) is 0 Å².